The van der Waals surface area contributed by atoms with Gasteiger partial charge in [-0.25, -0.2) is 9.18 Å². The van der Waals surface area contributed by atoms with Crippen LogP contribution in [0, 0.1) is 5.82 Å². The van der Waals surface area contributed by atoms with Crippen LogP contribution in [0.4, 0.5) is 4.39 Å². The molecule has 2 aromatic carbocycles. The number of benzene rings is 2. The number of hydrogen-bond acceptors (Lipinski definition) is 2. The molecule has 0 aromatic heterocycles. The molecular weight excluding hydrogens is 269 g/mol. The first kappa shape index (κ1) is 15.2. The quantitative estimate of drug-likeness (QED) is 0.887. The molecule has 2 rings (SSSR count). The van der Waals surface area contributed by atoms with Crippen LogP contribution >= 0.6 is 0 Å². The van der Waals surface area contributed by atoms with Crippen molar-refractivity contribution in [3.05, 3.63) is 71.0 Å². The Balaban J connectivity index is 1.95. The van der Waals surface area contributed by atoms with Gasteiger partial charge in [-0.3, -0.25) is 0 Å². The third kappa shape index (κ3) is 4.39. The number of rotatable bonds is 6. The van der Waals surface area contributed by atoms with Gasteiger partial charge in [0, 0.05) is 13.1 Å². The Hall–Kier alpha value is -2.20. The van der Waals surface area contributed by atoms with Gasteiger partial charge in [-0.1, -0.05) is 36.4 Å². The largest absolute Gasteiger partial charge is 0.478 e. The molecule has 3 nitrogen and oxygen atoms in total. The second-order valence-electron chi connectivity index (χ2n) is 5.09. The van der Waals surface area contributed by atoms with Gasteiger partial charge in [0.05, 0.1) is 5.56 Å². The molecular formula is C17H18FNO2. The van der Waals surface area contributed by atoms with Crippen LogP contribution < -0.4 is 0 Å². The van der Waals surface area contributed by atoms with Crippen molar-refractivity contribution in [2.45, 2.75) is 13.0 Å². The topological polar surface area (TPSA) is 40.5 Å². The van der Waals surface area contributed by atoms with E-state index in [2.05, 4.69) is 17.0 Å². The van der Waals surface area contributed by atoms with Gasteiger partial charge in [0.1, 0.15) is 5.82 Å². The number of halogens is 1. The monoisotopic (exact) mass is 287 g/mol. The molecule has 0 radical (unpaired) electrons. The predicted octanol–water partition coefficient (Wildman–Crippen LogP) is 3.20. The third-order valence-corrected chi connectivity index (χ3v) is 3.34. The Kier molecular flexibility index (Phi) is 5.06. The van der Waals surface area contributed by atoms with Crippen molar-refractivity contribution in [2.24, 2.45) is 0 Å². The zero-order valence-corrected chi connectivity index (χ0v) is 11.9. The van der Waals surface area contributed by atoms with Crippen molar-refractivity contribution in [3.8, 4) is 0 Å². The minimum atomic E-state index is -1.23. The molecule has 2 aromatic rings. The van der Waals surface area contributed by atoms with E-state index in [1.165, 1.54) is 17.7 Å². The summed E-state index contributed by atoms with van der Waals surface area (Å²) >= 11 is 0. The summed E-state index contributed by atoms with van der Waals surface area (Å²) in [6, 6.07) is 14.4. The first-order chi connectivity index (χ1) is 10.1. The van der Waals surface area contributed by atoms with Crippen LogP contribution in [0.15, 0.2) is 48.5 Å². The Bertz CT molecular complexity index is 613. The summed E-state index contributed by atoms with van der Waals surface area (Å²) in [5, 5.41) is 8.92. The van der Waals surface area contributed by atoms with Crippen LogP contribution in [0.25, 0.3) is 0 Å². The van der Waals surface area contributed by atoms with E-state index in [-0.39, 0.29) is 5.56 Å². The van der Waals surface area contributed by atoms with E-state index in [4.69, 9.17) is 5.11 Å². The lowest BCUT2D eigenvalue weighted by Crippen LogP contribution is -2.21. The fourth-order valence-corrected chi connectivity index (χ4v) is 2.19. The molecule has 0 bridgehead atoms. The maximum atomic E-state index is 13.3. The number of carbonyl (C=O) groups is 1. The van der Waals surface area contributed by atoms with E-state index < -0.39 is 11.8 Å². The SMILES string of the molecule is CN(CCc1ccccc1)Cc1ccc(F)c(C(=O)O)c1. The molecule has 0 spiro atoms. The highest BCUT2D eigenvalue weighted by molar-refractivity contribution is 5.88. The van der Waals surface area contributed by atoms with Gasteiger partial charge in [-0.05, 0) is 36.7 Å². The molecule has 21 heavy (non-hydrogen) atoms. The minimum Gasteiger partial charge on any atom is -0.478 e. The number of aromatic carboxylic acids is 1. The van der Waals surface area contributed by atoms with Gasteiger partial charge in [-0.2, -0.15) is 0 Å². The molecule has 0 atom stereocenters. The molecule has 0 unspecified atom stereocenters. The number of carboxylic acids is 1. The minimum absolute atomic E-state index is 0.274. The Morgan fingerprint density at radius 3 is 2.52 bits per heavy atom. The standard InChI is InChI=1S/C17H18FNO2/c1-19(10-9-13-5-3-2-4-6-13)12-14-7-8-16(18)15(11-14)17(20)21/h2-8,11H,9-10,12H2,1H3,(H,20,21). The Morgan fingerprint density at radius 1 is 1.14 bits per heavy atom. The summed E-state index contributed by atoms with van der Waals surface area (Å²) in [7, 11) is 1.97. The van der Waals surface area contributed by atoms with Crippen LogP contribution in [0.1, 0.15) is 21.5 Å². The lowest BCUT2D eigenvalue weighted by atomic mass is 10.1. The first-order valence-electron chi connectivity index (χ1n) is 6.80. The molecule has 0 amide bonds. The zero-order chi connectivity index (χ0) is 15.2. The maximum absolute atomic E-state index is 13.3. The van der Waals surface area contributed by atoms with Crippen LogP contribution in [-0.4, -0.2) is 29.6 Å². The number of carboxylic acid groups (broad SMARTS) is 1. The van der Waals surface area contributed by atoms with E-state index >= 15 is 0 Å². The number of likely N-dealkylation sites (N-methyl/N-ethyl adjacent to an activating group) is 1. The lowest BCUT2D eigenvalue weighted by molar-refractivity contribution is 0.0691. The predicted molar refractivity (Wildman–Crippen MR) is 79.8 cm³/mol. The molecule has 110 valence electrons. The van der Waals surface area contributed by atoms with Gasteiger partial charge < -0.3 is 10.0 Å². The Morgan fingerprint density at radius 2 is 1.86 bits per heavy atom. The smallest absolute Gasteiger partial charge is 0.338 e. The van der Waals surface area contributed by atoms with Gasteiger partial charge >= 0.3 is 5.97 Å². The average molecular weight is 287 g/mol. The van der Waals surface area contributed by atoms with Crippen molar-refractivity contribution in [1.82, 2.24) is 4.90 Å². The summed E-state index contributed by atoms with van der Waals surface area (Å²) in [4.78, 5) is 13.0. The van der Waals surface area contributed by atoms with Crippen molar-refractivity contribution < 1.29 is 14.3 Å². The van der Waals surface area contributed by atoms with Gasteiger partial charge in [-0.15, -0.1) is 0 Å². The summed E-state index contributed by atoms with van der Waals surface area (Å²) in [5.41, 5.74) is 1.78. The highest BCUT2D eigenvalue weighted by atomic mass is 19.1. The second kappa shape index (κ2) is 6.99. The fraction of sp³-hybridized carbons (Fsp3) is 0.235. The van der Waals surface area contributed by atoms with Crippen LogP contribution in [0.3, 0.4) is 0 Å². The summed E-state index contributed by atoms with van der Waals surface area (Å²) in [6.45, 7) is 1.44. The normalized spacial score (nSPS) is 10.8. The average Bonchev–Trinajstić information content (AvgIpc) is 2.48. The molecule has 0 fully saturated rings. The third-order valence-electron chi connectivity index (χ3n) is 3.34. The highest BCUT2D eigenvalue weighted by Gasteiger charge is 2.11. The van der Waals surface area contributed by atoms with E-state index in [0.29, 0.717) is 6.54 Å². The molecule has 0 saturated carbocycles. The molecule has 0 saturated heterocycles. The van der Waals surface area contributed by atoms with Crippen LogP contribution in [0.5, 0.6) is 0 Å². The second-order valence-corrected chi connectivity index (χ2v) is 5.09. The van der Waals surface area contributed by atoms with E-state index in [1.54, 1.807) is 6.07 Å². The molecule has 4 heteroatoms. The van der Waals surface area contributed by atoms with Crippen molar-refractivity contribution in [2.75, 3.05) is 13.6 Å². The first-order valence-corrected chi connectivity index (χ1v) is 6.80. The van der Waals surface area contributed by atoms with E-state index in [9.17, 15) is 9.18 Å². The summed E-state index contributed by atoms with van der Waals surface area (Å²) < 4.78 is 13.3. The molecule has 0 aliphatic heterocycles. The van der Waals surface area contributed by atoms with Crippen LogP contribution in [0.2, 0.25) is 0 Å². The van der Waals surface area contributed by atoms with E-state index in [1.807, 2.05) is 25.2 Å². The van der Waals surface area contributed by atoms with Gasteiger partial charge in [0.25, 0.3) is 0 Å². The van der Waals surface area contributed by atoms with Crippen molar-refractivity contribution >= 4 is 5.97 Å². The summed E-state index contributed by atoms with van der Waals surface area (Å²) in [5.74, 6) is -1.93. The van der Waals surface area contributed by atoms with Gasteiger partial charge in [0.15, 0.2) is 0 Å². The fourth-order valence-electron chi connectivity index (χ4n) is 2.19. The number of hydrogen-bond donors (Lipinski definition) is 1. The molecule has 0 aliphatic carbocycles. The number of nitrogens with zero attached hydrogens (tertiary/aromatic N) is 1. The van der Waals surface area contributed by atoms with Crippen molar-refractivity contribution in [3.63, 3.8) is 0 Å². The lowest BCUT2D eigenvalue weighted by Gasteiger charge is -2.17. The zero-order valence-electron chi connectivity index (χ0n) is 11.9. The molecule has 0 aliphatic rings. The summed E-state index contributed by atoms with van der Waals surface area (Å²) in [6.07, 6.45) is 0.921. The van der Waals surface area contributed by atoms with Crippen LogP contribution in [-0.2, 0) is 13.0 Å². The van der Waals surface area contributed by atoms with Gasteiger partial charge in [0.2, 0.25) is 0 Å². The maximum Gasteiger partial charge on any atom is 0.338 e. The van der Waals surface area contributed by atoms with E-state index in [0.717, 1.165) is 18.5 Å². The Labute approximate surface area is 123 Å². The van der Waals surface area contributed by atoms with Crippen molar-refractivity contribution in [1.29, 1.82) is 0 Å². The molecule has 1 N–H and O–H groups in total. The molecule has 0 heterocycles. The highest BCUT2D eigenvalue weighted by Crippen LogP contribution is 2.12.